The molecule has 1 aliphatic heterocycles. The highest BCUT2D eigenvalue weighted by atomic mass is 28.4. The summed E-state index contributed by atoms with van der Waals surface area (Å²) in [6.45, 7) is 38.5. The van der Waals surface area contributed by atoms with Crippen molar-refractivity contribution in [2.45, 2.75) is 221 Å². The van der Waals surface area contributed by atoms with Crippen molar-refractivity contribution in [3.8, 4) is 0 Å². The topological polar surface area (TPSA) is 240 Å². The van der Waals surface area contributed by atoms with Gasteiger partial charge in [-0.1, -0.05) is 113 Å². The Balaban J connectivity index is 2.50. The third kappa shape index (κ3) is 16.3. The summed E-state index contributed by atoms with van der Waals surface area (Å²) in [5.41, 5.74) is -0.569. The number of nitrogens with zero attached hydrogens (tertiary/aromatic N) is 1. The fourth-order valence-electron chi connectivity index (χ4n) is 7.64. The molecule has 6 N–H and O–H groups in total. The first-order valence-electron chi connectivity index (χ1n) is 24.6. The molecule has 0 saturated carbocycles. The van der Waals surface area contributed by atoms with Crippen molar-refractivity contribution in [2.75, 3.05) is 0 Å². The molecule has 0 unspecified atom stereocenters. The highest BCUT2D eigenvalue weighted by molar-refractivity contribution is 6.74. The lowest BCUT2D eigenvalue weighted by atomic mass is 9.98. The van der Waals surface area contributed by atoms with E-state index in [0.717, 1.165) is 5.56 Å². The quantitative estimate of drug-likeness (QED) is 0.0688. The van der Waals surface area contributed by atoms with Crippen LogP contribution in [0.1, 0.15) is 123 Å². The Morgan fingerprint density at radius 3 is 1.47 bits per heavy atom. The van der Waals surface area contributed by atoms with Crippen LogP contribution in [0.4, 0.5) is 4.79 Å². The molecule has 398 valence electrons. The van der Waals surface area contributed by atoms with Crippen molar-refractivity contribution >= 4 is 58.2 Å². The molecule has 1 fully saturated rings. The van der Waals surface area contributed by atoms with Gasteiger partial charge in [0.25, 0.3) is 0 Å². The molecule has 0 radical (unpaired) electrons. The van der Waals surface area contributed by atoms with Gasteiger partial charge < -0.3 is 50.0 Å². The minimum absolute atomic E-state index is 0.0255. The van der Waals surface area contributed by atoms with E-state index in [2.05, 4.69) is 26.6 Å². The lowest BCUT2D eigenvalue weighted by Gasteiger charge is -2.41. The summed E-state index contributed by atoms with van der Waals surface area (Å²) in [4.78, 5) is 99.2. The number of rotatable bonds is 22. The highest BCUT2D eigenvalue weighted by Gasteiger charge is 2.54. The van der Waals surface area contributed by atoms with Crippen LogP contribution in [0.5, 0.6) is 0 Å². The molecule has 1 heterocycles. The molecular weight excluding hydrogens is 933 g/mol. The minimum Gasteiger partial charge on any atom is -0.480 e. The molecule has 2 rings (SSSR count). The Morgan fingerprint density at radius 1 is 0.643 bits per heavy atom. The van der Waals surface area contributed by atoms with Gasteiger partial charge in [0.1, 0.15) is 42.5 Å². The number of nitrogens with one attached hydrogen (secondary N) is 5. The fraction of sp³-hybridized carbons (Fsp3) is 0.740. The van der Waals surface area contributed by atoms with Crippen molar-refractivity contribution in [1.29, 1.82) is 0 Å². The molecule has 1 aromatic carbocycles. The number of amides is 6. The van der Waals surface area contributed by atoms with E-state index >= 15 is 0 Å². The molecule has 20 heteroatoms. The zero-order valence-corrected chi connectivity index (χ0v) is 47.9. The number of ether oxygens (including phenoxy) is 2. The molecule has 1 aliphatic rings. The van der Waals surface area contributed by atoms with Crippen molar-refractivity contribution in [3.63, 3.8) is 0 Å². The molecule has 70 heavy (non-hydrogen) atoms. The summed E-state index contributed by atoms with van der Waals surface area (Å²) in [7, 11) is -5.08. The normalized spacial score (nSPS) is 19.6. The molecule has 0 aromatic heterocycles. The summed E-state index contributed by atoms with van der Waals surface area (Å²) in [6, 6.07) is 1.33. The van der Waals surface area contributed by atoms with Gasteiger partial charge >= 0.3 is 12.1 Å². The number of carbonyl (C=O) groups is 7. The van der Waals surface area contributed by atoms with Crippen molar-refractivity contribution in [1.82, 2.24) is 31.5 Å². The van der Waals surface area contributed by atoms with Crippen LogP contribution in [0.15, 0.2) is 30.3 Å². The van der Waals surface area contributed by atoms with Crippen LogP contribution in [0.3, 0.4) is 0 Å². The predicted molar refractivity (Wildman–Crippen MR) is 274 cm³/mol. The average molecular weight is 1020 g/mol. The van der Waals surface area contributed by atoms with Gasteiger partial charge in [0, 0.05) is 0 Å². The lowest BCUT2D eigenvalue weighted by Crippen LogP contribution is -2.65. The van der Waals surface area contributed by atoms with E-state index in [4.69, 9.17) is 18.3 Å². The van der Waals surface area contributed by atoms with E-state index in [-0.39, 0.29) is 16.7 Å². The zero-order chi connectivity index (χ0) is 54.2. The van der Waals surface area contributed by atoms with Gasteiger partial charge in [0.05, 0.1) is 18.3 Å². The average Bonchev–Trinajstić information content (AvgIpc) is 3.46. The first-order chi connectivity index (χ1) is 31.8. The molecule has 1 aromatic rings. The van der Waals surface area contributed by atoms with E-state index in [9.17, 15) is 38.7 Å². The van der Waals surface area contributed by atoms with Crippen LogP contribution in [0.2, 0.25) is 36.3 Å². The number of benzene rings is 1. The number of carboxylic acids is 1. The van der Waals surface area contributed by atoms with E-state index in [1.54, 1.807) is 88.3 Å². The smallest absolute Gasteiger partial charge is 0.408 e. The Labute approximate surface area is 419 Å². The second kappa shape index (κ2) is 24.4. The number of alkyl carbamates (subject to hydrolysis) is 1. The van der Waals surface area contributed by atoms with Gasteiger partial charge in [-0.05, 0) is 94.2 Å². The highest BCUT2D eigenvalue weighted by Crippen LogP contribution is 2.39. The van der Waals surface area contributed by atoms with E-state index in [0.29, 0.717) is 0 Å². The van der Waals surface area contributed by atoms with Crippen molar-refractivity contribution in [2.24, 2.45) is 17.8 Å². The summed E-state index contributed by atoms with van der Waals surface area (Å²) in [5, 5.41) is 23.4. The lowest BCUT2D eigenvalue weighted by molar-refractivity contribution is -0.153. The molecule has 0 bridgehead atoms. The van der Waals surface area contributed by atoms with Gasteiger partial charge in [-0.2, -0.15) is 0 Å². The van der Waals surface area contributed by atoms with E-state index < -0.39 is 136 Å². The second-order valence-electron chi connectivity index (χ2n) is 23.3. The SMILES string of the molecule is CC(C)[C@H](NC(=O)[C@@H](NC(=O)[C@@H](NC(=O)[C@@H]1[C@@H](C)OC(C)(C)N1C(=O)[C@@H](NC(=O)OCc1ccccc1)C(C)C)C(C)C)[C@@H](C)O[Si](C)(C)C(C)(C)C)C(=O)N[C@H](C(=O)O)[C@@H](C)O[Si](C)(C)C(C)(C)C. The number of carbonyl (C=O) groups excluding carboxylic acids is 6. The maximum Gasteiger partial charge on any atom is 0.408 e. The van der Waals surface area contributed by atoms with Crippen LogP contribution in [-0.2, 0) is 53.7 Å². The fourth-order valence-corrected chi connectivity index (χ4v) is 10.5. The molecule has 6 amide bonds. The zero-order valence-electron chi connectivity index (χ0n) is 45.9. The molecule has 0 spiro atoms. The van der Waals surface area contributed by atoms with Crippen LogP contribution in [0.25, 0.3) is 0 Å². The maximum atomic E-state index is 14.6. The Morgan fingerprint density at radius 2 is 1.04 bits per heavy atom. The Bertz CT molecular complexity index is 1980. The van der Waals surface area contributed by atoms with Gasteiger partial charge in [-0.3, -0.25) is 28.9 Å². The van der Waals surface area contributed by atoms with E-state index in [1.165, 1.54) is 4.90 Å². The predicted octanol–water partition coefficient (Wildman–Crippen LogP) is 6.45. The monoisotopic (exact) mass is 1020 g/mol. The van der Waals surface area contributed by atoms with Gasteiger partial charge in [-0.15, -0.1) is 0 Å². The van der Waals surface area contributed by atoms with Gasteiger partial charge in [0.15, 0.2) is 22.7 Å². The van der Waals surface area contributed by atoms with Crippen LogP contribution in [0, 0.1) is 17.8 Å². The van der Waals surface area contributed by atoms with E-state index in [1.807, 2.05) is 85.9 Å². The van der Waals surface area contributed by atoms with Gasteiger partial charge in [-0.25, -0.2) is 9.59 Å². The first-order valence-corrected chi connectivity index (χ1v) is 30.4. The number of aliphatic carboxylic acids is 1. The van der Waals surface area contributed by atoms with Crippen LogP contribution < -0.4 is 26.6 Å². The summed E-state index contributed by atoms with van der Waals surface area (Å²) in [6.07, 6.45) is -3.54. The van der Waals surface area contributed by atoms with Crippen LogP contribution >= 0.6 is 0 Å². The molecular formula is C50H88N6O12Si2. The molecule has 0 aliphatic carbocycles. The van der Waals surface area contributed by atoms with Crippen molar-refractivity contribution in [3.05, 3.63) is 35.9 Å². The molecule has 9 atom stereocenters. The second-order valence-corrected chi connectivity index (χ2v) is 32.8. The summed E-state index contributed by atoms with van der Waals surface area (Å²) >= 11 is 0. The minimum atomic E-state index is -2.61. The summed E-state index contributed by atoms with van der Waals surface area (Å²) < 4.78 is 24.6. The molecule has 1 saturated heterocycles. The maximum absolute atomic E-state index is 14.6. The third-order valence-corrected chi connectivity index (χ3v) is 23.0. The first kappa shape index (κ1) is 61.7. The van der Waals surface area contributed by atoms with Gasteiger partial charge in [0.2, 0.25) is 29.5 Å². The number of hydrogen-bond donors (Lipinski definition) is 6. The Kier molecular flexibility index (Phi) is 21.5. The number of hydrogen-bond acceptors (Lipinski definition) is 11. The standard InChI is InChI=1S/C50H88N6O12Si2/c1-28(2)35(42(58)54-39(46(62)63)32(8)68-70(20,21)49(13,14)15)51-43(59)38(31(7)67-69(18,19)48(10,11)12)53-41(57)36(29(3)4)52-44(60)40-33(9)66-50(16,17)56(40)45(61)37(30(5)6)55-47(64)65-27-34-25-23-22-24-26-34/h22-26,28-33,35-40H,27H2,1-21H3,(H,51,59)(H,52,60)(H,53,57)(H,54,58)(H,55,64)(H,62,63)/t31-,32-,33-,35+,36+,37+,38+,39+,40+/m1/s1. The largest absolute Gasteiger partial charge is 0.480 e. The van der Waals surface area contributed by atoms with Crippen LogP contribution in [-0.4, -0.2) is 129 Å². The molecule has 18 nitrogen and oxygen atoms in total. The number of carboxylic acid groups (broad SMARTS) is 1. The van der Waals surface area contributed by atoms with Crippen molar-refractivity contribution < 1.29 is 57.0 Å². The Hall–Kier alpha value is -4.38. The third-order valence-electron chi connectivity index (χ3n) is 13.9. The summed E-state index contributed by atoms with van der Waals surface area (Å²) in [5.74, 6) is -6.42.